The van der Waals surface area contributed by atoms with E-state index in [0.29, 0.717) is 21.8 Å². The Morgan fingerprint density at radius 3 is 2.90 bits per heavy atom. The van der Waals surface area contributed by atoms with Gasteiger partial charge in [-0.3, -0.25) is 4.99 Å². The molecule has 0 aliphatic rings. The number of benzene rings is 2. The third kappa shape index (κ3) is 2.60. The topological polar surface area (TPSA) is 72.2 Å². The van der Waals surface area contributed by atoms with E-state index in [2.05, 4.69) is 16.0 Å². The maximum absolute atomic E-state index is 9.96. The Kier molecular flexibility index (Phi) is 3.35. The van der Waals surface area contributed by atoms with Crippen LogP contribution in [0.15, 0.2) is 47.5 Å². The van der Waals surface area contributed by atoms with E-state index in [4.69, 9.17) is 16.9 Å². The van der Waals surface area contributed by atoms with Crippen LogP contribution in [-0.2, 0) is 0 Å². The predicted octanol–water partition coefficient (Wildman–Crippen LogP) is 4.15. The van der Waals surface area contributed by atoms with Gasteiger partial charge in [-0.2, -0.15) is 5.26 Å². The van der Waals surface area contributed by atoms with Crippen molar-refractivity contribution >= 4 is 34.4 Å². The fraction of sp³-hybridized carbons (Fsp3) is 0. The molecule has 1 aromatic heterocycles. The number of hydrogen-bond donors (Lipinski definition) is 2. The van der Waals surface area contributed by atoms with E-state index in [0.717, 1.165) is 10.9 Å². The van der Waals surface area contributed by atoms with Gasteiger partial charge in [-0.15, -0.1) is 0 Å². The minimum atomic E-state index is 0.0347. The molecule has 0 saturated carbocycles. The summed E-state index contributed by atoms with van der Waals surface area (Å²) in [5, 5.41) is 20.2. The van der Waals surface area contributed by atoms with Crippen LogP contribution < -0.4 is 0 Å². The maximum Gasteiger partial charge on any atom is 0.198 e. The monoisotopic (exact) mass is 295 g/mol. The van der Waals surface area contributed by atoms with Gasteiger partial charge >= 0.3 is 0 Å². The number of nitriles is 1. The SMILES string of the molecule is N#Cc1cccc(N=Cc2c(O)[nH]c3ccc(Cl)cc23)c1. The van der Waals surface area contributed by atoms with Gasteiger partial charge in [0.2, 0.25) is 0 Å². The zero-order valence-corrected chi connectivity index (χ0v) is 11.6. The van der Waals surface area contributed by atoms with Crippen molar-refractivity contribution < 1.29 is 5.11 Å². The molecule has 3 aromatic rings. The molecule has 0 unspecified atom stereocenters. The molecule has 2 aromatic carbocycles. The molecule has 0 radical (unpaired) electrons. The summed E-state index contributed by atoms with van der Waals surface area (Å²) in [6, 6.07) is 14.3. The third-order valence-corrected chi connectivity index (χ3v) is 3.33. The number of aliphatic imine (C=N–C) groups is 1. The number of halogens is 1. The summed E-state index contributed by atoms with van der Waals surface area (Å²) in [5.41, 5.74) is 2.53. The Balaban J connectivity index is 2.05. The van der Waals surface area contributed by atoms with E-state index >= 15 is 0 Å². The summed E-state index contributed by atoms with van der Waals surface area (Å²) >= 11 is 5.98. The number of aromatic nitrogens is 1. The van der Waals surface area contributed by atoms with Gasteiger partial charge in [0.25, 0.3) is 0 Å². The summed E-state index contributed by atoms with van der Waals surface area (Å²) in [4.78, 5) is 7.17. The Labute approximate surface area is 125 Å². The molecule has 1 heterocycles. The van der Waals surface area contributed by atoms with E-state index in [1.165, 1.54) is 0 Å². The van der Waals surface area contributed by atoms with E-state index < -0.39 is 0 Å². The first-order chi connectivity index (χ1) is 10.2. The molecular weight excluding hydrogens is 286 g/mol. The zero-order valence-electron chi connectivity index (χ0n) is 10.8. The first-order valence-electron chi connectivity index (χ1n) is 6.22. The van der Waals surface area contributed by atoms with Crippen molar-refractivity contribution in [3.8, 4) is 11.9 Å². The molecule has 0 aliphatic heterocycles. The van der Waals surface area contributed by atoms with Crippen molar-refractivity contribution in [2.24, 2.45) is 4.99 Å². The molecule has 0 atom stereocenters. The summed E-state index contributed by atoms with van der Waals surface area (Å²) in [6.07, 6.45) is 1.56. The van der Waals surface area contributed by atoms with Crippen LogP contribution in [0.4, 0.5) is 5.69 Å². The number of hydrogen-bond acceptors (Lipinski definition) is 3. The Morgan fingerprint density at radius 1 is 1.24 bits per heavy atom. The molecular formula is C16H10ClN3O. The maximum atomic E-state index is 9.96. The minimum absolute atomic E-state index is 0.0347. The summed E-state index contributed by atoms with van der Waals surface area (Å²) < 4.78 is 0. The number of aromatic hydroxyl groups is 1. The van der Waals surface area contributed by atoms with E-state index in [1.54, 1.807) is 48.7 Å². The highest BCUT2D eigenvalue weighted by Gasteiger charge is 2.09. The number of rotatable bonds is 2. The molecule has 0 bridgehead atoms. The third-order valence-electron chi connectivity index (χ3n) is 3.10. The molecule has 0 saturated heterocycles. The fourth-order valence-corrected chi connectivity index (χ4v) is 2.27. The van der Waals surface area contributed by atoms with Crippen LogP contribution in [0.2, 0.25) is 5.02 Å². The van der Waals surface area contributed by atoms with Crippen molar-refractivity contribution in [1.82, 2.24) is 4.98 Å². The highest BCUT2D eigenvalue weighted by molar-refractivity contribution is 6.31. The lowest BCUT2D eigenvalue weighted by atomic mass is 10.2. The average Bonchev–Trinajstić information content (AvgIpc) is 2.80. The van der Waals surface area contributed by atoms with E-state index in [1.807, 2.05) is 0 Å². The van der Waals surface area contributed by atoms with Gasteiger partial charge in [-0.25, -0.2) is 0 Å². The van der Waals surface area contributed by atoms with Crippen LogP contribution in [0, 0.1) is 11.3 Å². The summed E-state index contributed by atoms with van der Waals surface area (Å²) in [7, 11) is 0. The number of nitrogens with one attached hydrogen (secondary N) is 1. The molecule has 3 rings (SSSR count). The second-order valence-corrected chi connectivity index (χ2v) is 4.93. The smallest absolute Gasteiger partial charge is 0.198 e. The highest BCUT2D eigenvalue weighted by atomic mass is 35.5. The number of fused-ring (bicyclic) bond motifs is 1. The molecule has 0 amide bonds. The van der Waals surface area contributed by atoms with Gasteiger partial charge in [-0.05, 0) is 36.4 Å². The Morgan fingerprint density at radius 2 is 2.10 bits per heavy atom. The highest BCUT2D eigenvalue weighted by Crippen LogP contribution is 2.28. The predicted molar refractivity (Wildman–Crippen MR) is 83.4 cm³/mol. The van der Waals surface area contributed by atoms with Crippen LogP contribution >= 0.6 is 11.6 Å². The summed E-state index contributed by atoms with van der Waals surface area (Å²) in [5.74, 6) is 0.0347. The summed E-state index contributed by atoms with van der Waals surface area (Å²) in [6.45, 7) is 0. The van der Waals surface area contributed by atoms with Crippen LogP contribution in [0.5, 0.6) is 5.88 Å². The molecule has 4 nitrogen and oxygen atoms in total. The molecule has 102 valence electrons. The van der Waals surface area contributed by atoms with Gasteiger partial charge in [-0.1, -0.05) is 17.7 Å². The molecule has 21 heavy (non-hydrogen) atoms. The van der Waals surface area contributed by atoms with Gasteiger partial charge in [0.1, 0.15) is 0 Å². The standard InChI is InChI=1S/C16H10ClN3O/c17-11-4-5-15-13(7-11)14(16(21)20-15)9-19-12-3-1-2-10(6-12)8-18/h1-7,9,20-21H. The van der Waals surface area contributed by atoms with Crippen LogP contribution in [-0.4, -0.2) is 16.3 Å². The van der Waals surface area contributed by atoms with Gasteiger partial charge < -0.3 is 10.1 Å². The second kappa shape index (κ2) is 5.31. The van der Waals surface area contributed by atoms with Gasteiger partial charge in [0.15, 0.2) is 5.88 Å². The zero-order chi connectivity index (χ0) is 14.8. The average molecular weight is 296 g/mol. The van der Waals surface area contributed by atoms with E-state index in [-0.39, 0.29) is 5.88 Å². The van der Waals surface area contributed by atoms with E-state index in [9.17, 15) is 5.11 Å². The Hall–Kier alpha value is -2.77. The molecule has 2 N–H and O–H groups in total. The molecule has 0 aliphatic carbocycles. The van der Waals surface area contributed by atoms with Crippen molar-refractivity contribution in [3.63, 3.8) is 0 Å². The largest absolute Gasteiger partial charge is 0.494 e. The van der Waals surface area contributed by atoms with Crippen molar-refractivity contribution in [2.75, 3.05) is 0 Å². The molecule has 0 fully saturated rings. The lowest BCUT2D eigenvalue weighted by Crippen LogP contribution is -1.80. The lowest BCUT2D eigenvalue weighted by molar-refractivity contribution is 0.457. The first kappa shape index (κ1) is 13.2. The number of H-pyrrole nitrogens is 1. The lowest BCUT2D eigenvalue weighted by Gasteiger charge is -1.95. The van der Waals surface area contributed by atoms with Crippen LogP contribution in [0.3, 0.4) is 0 Å². The van der Waals surface area contributed by atoms with Crippen LogP contribution in [0.25, 0.3) is 10.9 Å². The van der Waals surface area contributed by atoms with Crippen molar-refractivity contribution in [2.45, 2.75) is 0 Å². The quantitative estimate of drug-likeness (QED) is 0.697. The Bertz CT molecular complexity index is 890. The molecule has 5 heteroatoms. The second-order valence-electron chi connectivity index (χ2n) is 4.50. The van der Waals surface area contributed by atoms with Crippen LogP contribution in [0.1, 0.15) is 11.1 Å². The van der Waals surface area contributed by atoms with Crippen molar-refractivity contribution in [1.29, 1.82) is 5.26 Å². The molecule has 0 spiro atoms. The number of aromatic amines is 1. The fourth-order valence-electron chi connectivity index (χ4n) is 2.10. The number of nitrogens with zero attached hydrogens (tertiary/aromatic N) is 2. The normalized spacial score (nSPS) is 11.0. The van der Waals surface area contributed by atoms with Gasteiger partial charge in [0, 0.05) is 22.1 Å². The van der Waals surface area contributed by atoms with Gasteiger partial charge in [0.05, 0.1) is 22.9 Å². The minimum Gasteiger partial charge on any atom is -0.494 e. The van der Waals surface area contributed by atoms with Crippen molar-refractivity contribution in [3.05, 3.63) is 58.6 Å². The first-order valence-corrected chi connectivity index (χ1v) is 6.59.